The minimum Gasteiger partial charge on any atom is -0.387 e. The average Bonchev–Trinajstić information content (AvgIpc) is 2.60. The summed E-state index contributed by atoms with van der Waals surface area (Å²) in [6.07, 6.45) is 5.76. The molecule has 2 bridgehead atoms. The Balaban J connectivity index is 1.67. The van der Waals surface area contributed by atoms with E-state index in [9.17, 15) is 5.11 Å². The van der Waals surface area contributed by atoms with E-state index < -0.39 is 6.10 Å². The third kappa shape index (κ3) is 2.16. The molecule has 3 aliphatic heterocycles. The van der Waals surface area contributed by atoms with Crippen molar-refractivity contribution in [1.29, 1.82) is 0 Å². The smallest absolute Gasteiger partial charge is 0.0952 e. The van der Waals surface area contributed by atoms with Crippen LogP contribution in [0.25, 0.3) is 10.9 Å². The van der Waals surface area contributed by atoms with E-state index in [0.717, 1.165) is 36.0 Å². The maximum absolute atomic E-state index is 11.0. The lowest BCUT2D eigenvalue weighted by molar-refractivity contribution is -0.0444. The molecule has 0 radical (unpaired) electrons. The summed E-state index contributed by atoms with van der Waals surface area (Å²) in [5, 5.41) is 12.1. The Kier molecular flexibility index (Phi) is 3.47. The fraction of sp³-hybridized carbons (Fsp3) is 0.421. The fourth-order valence-electron chi connectivity index (χ4n) is 4.29. The summed E-state index contributed by atoms with van der Waals surface area (Å²) < 4.78 is 0. The van der Waals surface area contributed by atoms with Gasteiger partial charge in [-0.15, -0.1) is 6.58 Å². The van der Waals surface area contributed by atoms with Crippen molar-refractivity contribution >= 4 is 10.9 Å². The zero-order chi connectivity index (χ0) is 15.1. The molecule has 0 aliphatic carbocycles. The predicted molar refractivity (Wildman–Crippen MR) is 88.5 cm³/mol. The van der Waals surface area contributed by atoms with E-state index in [0.29, 0.717) is 11.8 Å². The van der Waals surface area contributed by atoms with E-state index in [1.807, 2.05) is 30.5 Å². The number of piperidine rings is 3. The number of rotatable bonds is 3. The van der Waals surface area contributed by atoms with E-state index in [1.54, 1.807) is 0 Å². The van der Waals surface area contributed by atoms with E-state index >= 15 is 0 Å². The van der Waals surface area contributed by atoms with Crippen molar-refractivity contribution in [3.05, 3.63) is 54.7 Å². The number of aliphatic hydroxyl groups is 1. The minimum absolute atomic E-state index is 0.223. The number of hydrogen-bond acceptors (Lipinski definition) is 3. The average molecular weight is 294 g/mol. The molecule has 0 spiro atoms. The highest BCUT2D eigenvalue weighted by molar-refractivity contribution is 5.82. The summed E-state index contributed by atoms with van der Waals surface area (Å²) in [6, 6.07) is 10.3. The lowest BCUT2D eigenvalue weighted by Gasteiger charge is -2.50. The number of pyridine rings is 1. The molecule has 3 heteroatoms. The van der Waals surface area contributed by atoms with Gasteiger partial charge in [-0.3, -0.25) is 9.88 Å². The third-order valence-corrected chi connectivity index (χ3v) is 5.52. The molecule has 3 saturated heterocycles. The molecule has 0 amide bonds. The summed E-state index contributed by atoms with van der Waals surface area (Å²) >= 11 is 0. The topological polar surface area (TPSA) is 36.4 Å². The van der Waals surface area contributed by atoms with Gasteiger partial charge in [-0.05, 0) is 48.9 Å². The maximum atomic E-state index is 11.0. The van der Waals surface area contributed by atoms with Crippen molar-refractivity contribution in [3.8, 4) is 0 Å². The third-order valence-electron chi connectivity index (χ3n) is 5.52. The Morgan fingerprint density at radius 1 is 1.32 bits per heavy atom. The molecule has 0 saturated carbocycles. The molecular weight excluding hydrogens is 272 g/mol. The summed E-state index contributed by atoms with van der Waals surface area (Å²) in [5.41, 5.74) is 1.97. The molecule has 22 heavy (non-hydrogen) atoms. The van der Waals surface area contributed by atoms with E-state index in [-0.39, 0.29) is 6.04 Å². The molecule has 4 heterocycles. The van der Waals surface area contributed by atoms with Crippen LogP contribution < -0.4 is 0 Å². The van der Waals surface area contributed by atoms with Gasteiger partial charge in [0, 0.05) is 24.2 Å². The number of hydrogen-bond donors (Lipinski definition) is 1. The molecule has 1 aromatic heterocycles. The lowest BCUT2D eigenvalue weighted by atomic mass is 9.73. The number of aromatic nitrogens is 1. The van der Waals surface area contributed by atoms with Gasteiger partial charge in [0.15, 0.2) is 0 Å². The van der Waals surface area contributed by atoms with Crippen LogP contribution in [0.4, 0.5) is 0 Å². The molecule has 1 N–H and O–H groups in total. The first kappa shape index (κ1) is 13.9. The number of para-hydroxylation sites is 1. The van der Waals surface area contributed by atoms with Crippen LogP contribution in [0, 0.1) is 11.8 Å². The second-order valence-electron chi connectivity index (χ2n) is 6.61. The number of nitrogens with zero attached hydrogens (tertiary/aromatic N) is 2. The van der Waals surface area contributed by atoms with Crippen molar-refractivity contribution in [2.24, 2.45) is 11.8 Å². The van der Waals surface area contributed by atoms with Crippen LogP contribution >= 0.6 is 0 Å². The quantitative estimate of drug-likeness (QED) is 0.883. The number of benzene rings is 1. The summed E-state index contributed by atoms with van der Waals surface area (Å²) in [4.78, 5) is 6.86. The molecule has 3 aliphatic rings. The second kappa shape index (κ2) is 5.49. The van der Waals surface area contributed by atoms with Crippen LogP contribution in [0.3, 0.4) is 0 Å². The predicted octanol–water partition coefficient (Wildman–Crippen LogP) is 3.16. The normalized spacial score (nSPS) is 32.0. The molecule has 1 unspecified atom stereocenters. The fourth-order valence-corrected chi connectivity index (χ4v) is 4.29. The highest BCUT2D eigenvalue weighted by Crippen LogP contribution is 2.41. The molecule has 2 aromatic rings. The Morgan fingerprint density at radius 2 is 2.18 bits per heavy atom. The Hall–Kier alpha value is -1.71. The van der Waals surface area contributed by atoms with Crippen molar-refractivity contribution in [3.63, 3.8) is 0 Å². The van der Waals surface area contributed by atoms with Gasteiger partial charge < -0.3 is 5.11 Å². The first-order chi connectivity index (χ1) is 10.8. The largest absolute Gasteiger partial charge is 0.387 e. The molecule has 1 aromatic carbocycles. The van der Waals surface area contributed by atoms with Gasteiger partial charge >= 0.3 is 0 Å². The van der Waals surface area contributed by atoms with Crippen LogP contribution in [-0.4, -0.2) is 34.1 Å². The van der Waals surface area contributed by atoms with Gasteiger partial charge in [-0.25, -0.2) is 0 Å². The van der Waals surface area contributed by atoms with Crippen LogP contribution in [0.5, 0.6) is 0 Å². The van der Waals surface area contributed by atoms with Gasteiger partial charge in [0.05, 0.1) is 11.6 Å². The van der Waals surface area contributed by atoms with Crippen molar-refractivity contribution in [2.45, 2.75) is 25.0 Å². The molecule has 114 valence electrons. The zero-order valence-corrected chi connectivity index (χ0v) is 12.7. The number of aliphatic hydroxyl groups excluding tert-OH is 1. The van der Waals surface area contributed by atoms with Gasteiger partial charge in [0.25, 0.3) is 0 Å². The van der Waals surface area contributed by atoms with Gasteiger partial charge in [0.2, 0.25) is 0 Å². The SMILES string of the molecule is C=C[C@H]1CN2CC[C@@H]1C[C@H]2[C@H](O)c1ccnc2ccccc12. The van der Waals surface area contributed by atoms with Crippen LogP contribution in [-0.2, 0) is 0 Å². The van der Waals surface area contributed by atoms with Crippen molar-refractivity contribution in [2.75, 3.05) is 13.1 Å². The minimum atomic E-state index is -0.443. The van der Waals surface area contributed by atoms with Crippen molar-refractivity contribution < 1.29 is 5.11 Å². The Labute approximate surface area is 131 Å². The van der Waals surface area contributed by atoms with Gasteiger partial charge in [0.1, 0.15) is 0 Å². The Morgan fingerprint density at radius 3 is 2.95 bits per heavy atom. The monoisotopic (exact) mass is 294 g/mol. The molecule has 5 rings (SSSR count). The molecule has 3 fully saturated rings. The lowest BCUT2D eigenvalue weighted by Crippen LogP contribution is -2.54. The standard InChI is InChI=1S/C19H22N2O/c1-2-13-12-21-10-8-14(13)11-18(21)19(22)16-7-9-20-17-6-4-3-5-15(16)17/h2-7,9,13-14,18-19,22H,1,8,10-12H2/t13-,14+,18-,19+/m0/s1. The van der Waals surface area contributed by atoms with E-state index in [4.69, 9.17) is 0 Å². The Bertz CT molecular complexity index is 693. The zero-order valence-electron chi connectivity index (χ0n) is 12.7. The maximum Gasteiger partial charge on any atom is 0.0952 e. The van der Waals surface area contributed by atoms with Crippen molar-refractivity contribution in [1.82, 2.24) is 9.88 Å². The molecular formula is C19H22N2O. The first-order valence-electron chi connectivity index (χ1n) is 8.16. The van der Waals surface area contributed by atoms with E-state index in [2.05, 4.69) is 28.6 Å². The highest BCUT2D eigenvalue weighted by Gasteiger charge is 2.42. The number of fused-ring (bicyclic) bond motifs is 4. The second-order valence-corrected chi connectivity index (χ2v) is 6.61. The van der Waals surface area contributed by atoms with Crippen LogP contribution in [0.15, 0.2) is 49.2 Å². The van der Waals surface area contributed by atoms with E-state index in [1.165, 1.54) is 6.42 Å². The molecule has 3 nitrogen and oxygen atoms in total. The molecule has 5 atom stereocenters. The van der Waals surface area contributed by atoms with Crippen LogP contribution in [0.1, 0.15) is 24.5 Å². The van der Waals surface area contributed by atoms with Gasteiger partial charge in [-0.2, -0.15) is 0 Å². The summed E-state index contributed by atoms with van der Waals surface area (Å²) in [6.45, 7) is 6.11. The van der Waals surface area contributed by atoms with Gasteiger partial charge in [-0.1, -0.05) is 24.3 Å². The summed E-state index contributed by atoms with van der Waals surface area (Å²) in [7, 11) is 0. The highest BCUT2D eigenvalue weighted by atomic mass is 16.3. The first-order valence-corrected chi connectivity index (χ1v) is 8.16. The van der Waals surface area contributed by atoms with Crippen LogP contribution in [0.2, 0.25) is 0 Å². The summed E-state index contributed by atoms with van der Waals surface area (Å²) in [5.74, 6) is 1.27.